The summed E-state index contributed by atoms with van der Waals surface area (Å²) >= 11 is 13.2. The molecular formula is C91H109Br2N13O15S4. The number of carbonyl (C=O) groups is 4. The van der Waals surface area contributed by atoms with Gasteiger partial charge in [0.15, 0.2) is 26.1 Å². The number of thioether (sulfide) groups is 3. The maximum atomic E-state index is 12.5. The highest BCUT2D eigenvalue weighted by Crippen LogP contribution is 2.30. The number of ether oxygens (including phenoxy) is 10. The zero-order chi connectivity index (χ0) is 85.8. The van der Waals surface area contributed by atoms with Gasteiger partial charge in [-0.1, -0.05) is 115 Å². The second-order valence-corrected chi connectivity index (χ2v) is 31.4. The van der Waals surface area contributed by atoms with Gasteiger partial charge in [-0.3, -0.25) is 19.5 Å². The number of rotatable bonds is 27. The molecule has 666 valence electrons. The number of aliphatic hydroxyl groups excluding tert-OH is 1. The lowest BCUT2D eigenvalue weighted by Gasteiger charge is -2.26. The number of imidazole rings is 4. The van der Waals surface area contributed by atoms with Gasteiger partial charge in [-0.05, 0) is 155 Å². The van der Waals surface area contributed by atoms with E-state index < -0.39 is 0 Å². The summed E-state index contributed by atoms with van der Waals surface area (Å²) in [5.74, 6) is 4.48. The van der Waals surface area contributed by atoms with Gasteiger partial charge in [-0.25, -0.2) is 34.3 Å². The molecule has 3 aliphatic heterocycles. The van der Waals surface area contributed by atoms with Crippen LogP contribution in [0.3, 0.4) is 0 Å². The first-order chi connectivity index (χ1) is 59.5. The number of aromatic amines is 6. The van der Waals surface area contributed by atoms with Gasteiger partial charge in [0.05, 0.1) is 143 Å². The van der Waals surface area contributed by atoms with E-state index in [-0.39, 0.29) is 62.3 Å². The van der Waals surface area contributed by atoms with E-state index in [1.165, 1.54) is 21.3 Å². The number of methoxy groups -OCH3 is 5. The van der Waals surface area contributed by atoms with Gasteiger partial charge in [0.25, 0.3) is 5.91 Å². The number of aliphatic hydroxyl groups is 1. The summed E-state index contributed by atoms with van der Waals surface area (Å²) in [7, 11) is 7.44. The second-order valence-electron chi connectivity index (χ2n) is 27.5. The van der Waals surface area contributed by atoms with Gasteiger partial charge < -0.3 is 100 Å². The van der Waals surface area contributed by atoms with E-state index in [1.807, 2.05) is 146 Å². The van der Waals surface area contributed by atoms with Gasteiger partial charge in [0, 0.05) is 111 Å². The molecule has 13 aromatic rings. The van der Waals surface area contributed by atoms with Crippen LogP contribution in [-0.2, 0) is 51.0 Å². The number of nitrogens with two attached hydrogens (primary N) is 1. The Bertz CT molecular complexity index is 5510. The molecule has 10 N–H and O–H groups in total. The zero-order valence-corrected chi connectivity index (χ0v) is 75.3. The van der Waals surface area contributed by atoms with Crippen LogP contribution < -0.4 is 52.0 Å². The molecule has 0 bridgehead atoms. The number of nitrogen functional groups attached to an aromatic ring is 1. The number of nitrogens with one attached hydrogen (secondary N) is 7. The maximum absolute atomic E-state index is 12.5. The monoisotopic (exact) mass is 1910 g/mol. The van der Waals surface area contributed by atoms with Crippen LogP contribution in [0.1, 0.15) is 78.5 Å². The molecular weight excluding hydrogens is 1800 g/mol. The highest BCUT2D eigenvalue weighted by molar-refractivity contribution is 9.08. The molecule has 7 heterocycles. The van der Waals surface area contributed by atoms with Crippen molar-refractivity contribution in [3.8, 4) is 23.0 Å². The summed E-state index contributed by atoms with van der Waals surface area (Å²) < 4.78 is 52.7. The average Bonchev–Trinajstić information content (AvgIpc) is 1.70. The second kappa shape index (κ2) is 53.2. The average molecular weight is 1910 g/mol. The topological polar surface area (TPSA) is 347 Å². The van der Waals surface area contributed by atoms with E-state index in [4.69, 9.17) is 65.7 Å². The maximum Gasteiger partial charge on any atom is 0.337 e. The van der Waals surface area contributed by atoms with Crippen LogP contribution in [0.4, 0.5) is 11.4 Å². The summed E-state index contributed by atoms with van der Waals surface area (Å²) in [6.45, 7) is 14.8. The van der Waals surface area contributed by atoms with Crippen molar-refractivity contribution >= 4 is 143 Å². The number of β-amino-alcohol motifs (C(OH)–C–C–N with tert-alkyl or cyclic N) is 1. The van der Waals surface area contributed by atoms with Crippen LogP contribution in [0.15, 0.2) is 210 Å². The number of aromatic nitrogens is 8. The van der Waals surface area contributed by atoms with Crippen molar-refractivity contribution in [1.82, 2.24) is 49.6 Å². The van der Waals surface area contributed by atoms with Crippen molar-refractivity contribution in [3.05, 3.63) is 243 Å². The molecule has 0 unspecified atom stereocenters. The highest BCUT2D eigenvalue weighted by Gasteiger charge is 2.18. The molecule has 0 radical (unpaired) electrons. The van der Waals surface area contributed by atoms with Crippen LogP contribution in [0.2, 0.25) is 0 Å². The van der Waals surface area contributed by atoms with Gasteiger partial charge in [0.1, 0.15) is 36.2 Å². The predicted molar refractivity (Wildman–Crippen MR) is 497 cm³/mol. The highest BCUT2D eigenvalue weighted by atomic mass is 79.9. The fourth-order valence-corrected chi connectivity index (χ4v) is 15.5. The molecule has 1 amide bonds. The molecule has 0 atom stereocenters. The molecule has 0 saturated carbocycles. The third kappa shape index (κ3) is 31.9. The lowest BCUT2D eigenvalue weighted by molar-refractivity contribution is -0.396. The standard InChI is InChI=1S/C27H29N5O3S.C22H25N3O4S.C17H16N2O3S.C9H9BrO2.C8H8N2OS.C6H13NO2.2CH4.BrH/c28-22-3-1-2-4-23(22)29-26(33)20-7-5-19(6-8-20)18-36-27-30-24-10-9-21(17-25(24)31-27)35-16-13-32-11-14-34-15-12-32;1-27-21(26)17-4-2-16(3-5-17)15-30-22-23-19-7-6-18(14-20(19)24-22)29-13-10-25-8-11-28-12-9-25;1-21-13-7-8-14-15(9-13)19-17(18-14)23-10-11-3-5-12(6-4-11)16(20)22-2;1-12-9(11)8-4-2-7(6-10)3-5-8;1-11-5-2-3-6-7(4-5)10-8(12)9-6;8-4-1-7-2-5-9-6-3-7;;;/h1-10,17H,11-16,18,28H2,(H,29,33)(H,30,31);2-7,14H,8-13,15H2,1H3,(H,23,24);3-9H,10H2,1-2H3,(H,18,19);2-5H,6H2,1H3;2-4H,1H3,(H2,9,10,12);8H,1-6H2;2*1H4;1H. The fraction of sp³-hybridized carbons (Fsp3) is 0.319. The number of anilines is 2. The lowest BCUT2D eigenvalue weighted by Crippen LogP contribution is -3.00. The van der Waals surface area contributed by atoms with E-state index in [9.17, 15) is 19.2 Å². The van der Waals surface area contributed by atoms with E-state index in [0.29, 0.717) is 51.6 Å². The number of fused-ring (bicyclic) bond motifs is 4. The van der Waals surface area contributed by atoms with E-state index in [0.717, 1.165) is 226 Å². The van der Waals surface area contributed by atoms with E-state index >= 15 is 0 Å². The van der Waals surface area contributed by atoms with Crippen LogP contribution in [0, 0.1) is 4.77 Å². The van der Waals surface area contributed by atoms with Gasteiger partial charge in [-0.15, -0.1) is 0 Å². The Morgan fingerprint density at radius 3 is 1.32 bits per heavy atom. The number of H-pyrrole nitrogens is 6. The number of hydrogen-bond acceptors (Lipinski definition) is 25. The number of hydrogen-bond donors (Lipinski definition) is 8. The Labute approximate surface area is 764 Å². The molecule has 125 heavy (non-hydrogen) atoms. The van der Waals surface area contributed by atoms with Crippen LogP contribution in [0.5, 0.6) is 23.0 Å². The van der Waals surface area contributed by atoms with Crippen molar-refractivity contribution in [2.45, 2.75) is 52.9 Å². The molecule has 3 aliphatic rings. The molecule has 34 heteroatoms. The molecule has 0 aliphatic carbocycles. The van der Waals surface area contributed by atoms with Gasteiger partial charge >= 0.3 is 23.1 Å². The lowest BCUT2D eigenvalue weighted by atomic mass is 10.1. The van der Waals surface area contributed by atoms with Crippen molar-refractivity contribution in [3.63, 3.8) is 0 Å². The number of nitrogens with zero attached hydrogens (tertiary/aromatic N) is 5. The molecule has 16 rings (SSSR count). The minimum atomic E-state index is -0.325. The smallest absolute Gasteiger partial charge is 0.337 e. The molecule has 3 saturated heterocycles. The quantitative estimate of drug-likeness (QED) is 0.00592. The van der Waals surface area contributed by atoms with Crippen molar-refractivity contribution in [1.29, 1.82) is 0 Å². The predicted octanol–water partition coefficient (Wildman–Crippen LogP) is 13.0. The largest absolute Gasteiger partial charge is 1.00 e. The van der Waals surface area contributed by atoms with Gasteiger partial charge in [0.2, 0.25) is 0 Å². The Kier molecular flexibility index (Phi) is 42.6. The van der Waals surface area contributed by atoms with Crippen LogP contribution in [-0.4, -0.2) is 232 Å². The Morgan fingerprint density at radius 1 is 0.480 bits per heavy atom. The van der Waals surface area contributed by atoms with Crippen molar-refractivity contribution in [2.75, 3.05) is 165 Å². The van der Waals surface area contributed by atoms with Crippen molar-refractivity contribution in [2.24, 2.45) is 0 Å². The first-order valence-electron chi connectivity index (χ1n) is 39.4. The molecule has 0 spiro atoms. The van der Waals surface area contributed by atoms with E-state index in [1.54, 1.807) is 98.0 Å². The van der Waals surface area contributed by atoms with Crippen LogP contribution >= 0.6 is 63.4 Å². The Morgan fingerprint density at radius 2 is 0.880 bits per heavy atom. The minimum Gasteiger partial charge on any atom is -1.00 e. The summed E-state index contributed by atoms with van der Waals surface area (Å²) in [5, 5.41) is 14.9. The summed E-state index contributed by atoms with van der Waals surface area (Å²) in [6, 6.07) is 60.4. The van der Waals surface area contributed by atoms with Gasteiger partial charge in [-0.2, -0.15) is 0 Å². The molecule has 3 fully saturated rings. The summed E-state index contributed by atoms with van der Waals surface area (Å²) in [4.78, 5) is 82.1. The zero-order valence-electron chi connectivity index (χ0n) is 68.9. The molecule has 28 nitrogen and oxygen atoms in total. The number of amides is 1. The number of halogens is 2. The SMILES string of the molecule is C.C.COC(=O)c1ccc(CBr)cc1.COC(=O)c1ccc(CSc2[nH]c3cc(OC)ccc3[nH+]2)cc1.COC(=O)c1ccc(CSc2nc3ccc(OCCN4CCOCC4)cc3[nH]2)cc1.COc1ccc2[nH]c(=S)[nH]c2c1.Nc1ccccc1NC(=O)c1ccc(CSc2nc3ccc(OCCN4CCOCC4)cc3[nH]2)cc1.OCCN1CCOCC1.[Br-]. The third-order valence-corrected chi connectivity index (χ3v) is 22.9. The number of alkyl halides is 1. The Balaban J connectivity index is 0.000000197. The van der Waals surface area contributed by atoms with Crippen LogP contribution in [0.25, 0.3) is 44.1 Å². The number of benzene rings is 9. The first-order valence-corrected chi connectivity index (χ1v) is 43.9. The molecule has 4 aromatic heterocycles. The Hall–Kier alpha value is -10.3. The minimum absolute atomic E-state index is 0. The third-order valence-electron chi connectivity index (χ3n) is 19.2. The summed E-state index contributed by atoms with van der Waals surface area (Å²) in [5.41, 5.74) is 21.6. The van der Waals surface area contributed by atoms with E-state index in [2.05, 4.69) is 80.6 Å². The number of para-hydroxylation sites is 2. The molecule has 9 aromatic carbocycles. The fourth-order valence-electron chi connectivity index (χ4n) is 12.4. The number of carbonyl (C=O) groups excluding carboxylic acids is 4. The number of esters is 3. The normalized spacial score (nSPS) is 13.1. The first kappa shape index (κ1) is 100. The summed E-state index contributed by atoms with van der Waals surface area (Å²) in [6.07, 6.45) is 0. The number of morpholine rings is 3. The van der Waals surface area contributed by atoms with Crippen molar-refractivity contribution < 1.29 is 93.6 Å².